The van der Waals surface area contributed by atoms with Gasteiger partial charge in [-0.15, -0.1) is 0 Å². The van der Waals surface area contributed by atoms with Crippen LogP contribution in [0.2, 0.25) is 0 Å². The summed E-state index contributed by atoms with van der Waals surface area (Å²) in [5, 5.41) is 0. The van der Waals surface area contributed by atoms with Gasteiger partial charge in [0.25, 0.3) is 0 Å². The highest BCUT2D eigenvalue weighted by Gasteiger charge is 2.17. The molecule has 0 bridgehead atoms. The lowest BCUT2D eigenvalue weighted by molar-refractivity contribution is -0.163. The Bertz CT molecular complexity index is 997. The van der Waals surface area contributed by atoms with Crippen LogP contribution in [0, 0.1) is 0 Å². The number of ether oxygens (including phenoxy) is 3. The third kappa shape index (κ3) is 48.5. The van der Waals surface area contributed by atoms with E-state index in [0.29, 0.717) is 19.4 Å². The summed E-state index contributed by atoms with van der Waals surface area (Å²) < 4.78 is 17.3. The third-order valence-electron chi connectivity index (χ3n) is 11.4. The zero-order valence-electron chi connectivity index (χ0n) is 40.2. The van der Waals surface area contributed by atoms with Crippen molar-refractivity contribution in [3.8, 4) is 0 Å². The van der Waals surface area contributed by atoms with Crippen molar-refractivity contribution in [1.82, 2.24) is 0 Å². The molecule has 0 aliphatic heterocycles. The standard InChI is InChI=1S/C55H100O5/c1-4-7-10-13-16-19-21-23-25-26-27-28-29-31-33-35-38-41-44-47-50-58-51-53(60-55(57)49-46-43-40-36-18-15-12-9-6-3)52-59-54(56)48-45-42-39-37-34-32-30-24-22-20-17-14-11-8-5-2/h8,11,17,20,24,30,34,37,53H,4-7,9-10,12-16,18-19,21-23,25-29,31-33,35-36,38-52H2,1-3H3/b11-8-,20-17-,30-24-,37-34-. The van der Waals surface area contributed by atoms with Gasteiger partial charge in [-0.25, -0.2) is 0 Å². The van der Waals surface area contributed by atoms with Crippen LogP contribution in [-0.4, -0.2) is 37.9 Å². The summed E-state index contributed by atoms with van der Waals surface area (Å²) in [5.41, 5.74) is 0. The molecule has 350 valence electrons. The zero-order valence-corrected chi connectivity index (χ0v) is 40.2. The van der Waals surface area contributed by atoms with Crippen molar-refractivity contribution in [1.29, 1.82) is 0 Å². The average molecular weight is 841 g/mol. The summed E-state index contributed by atoms with van der Waals surface area (Å²) >= 11 is 0. The van der Waals surface area contributed by atoms with Crippen LogP contribution in [0.25, 0.3) is 0 Å². The van der Waals surface area contributed by atoms with Crippen LogP contribution in [0.15, 0.2) is 48.6 Å². The maximum atomic E-state index is 12.7. The molecule has 0 N–H and O–H groups in total. The van der Waals surface area contributed by atoms with Gasteiger partial charge in [-0.3, -0.25) is 9.59 Å². The number of hydrogen-bond acceptors (Lipinski definition) is 5. The minimum absolute atomic E-state index is 0.0679. The molecule has 0 fully saturated rings. The molecule has 0 aliphatic rings. The molecule has 5 heteroatoms. The summed E-state index contributed by atoms with van der Waals surface area (Å²) in [6.45, 7) is 7.69. The lowest BCUT2D eigenvalue weighted by Crippen LogP contribution is -2.30. The first-order valence-electron chi connectivity index (χ1n) is 26.2. The van der Waals surface area contributed by atoms with E-state index in [4.69, 9.17) is 14.2 Å². The van der Waals surface area contributed by atoms with Crippen LogP contribution in [0.3, 0.4) is 0 Å². The van der Waals surface area contributed by atoms with Gasteiger partial charge in [-0.05, 0) is 57.8 Å². The highest BCUT2D eigenvalue weighted by Crippen LogP contribution is 2.16. The first-order valence-corrected chi connectivity index (χ1v) is 26.2. The Morgan fingerprint density at radius 2 is 0.750 bits per heavy atom. The van der Waals surface area contributed by atoms with Crippen LogP contribution < -0.4 is 0 Å². The largest absolute Gasteiger partial charge is 0.462 e. The van der Waals surface area contributed by atoms with Crippen LogP contribution in [0.4, 0.5) is 0 Å². The maximum absolute atomic E-state index is 12.7. The molecule has 60 heavy (non-hydrogen) atoms. The minimum Gasteiger partial charge on any atom is -0.462 e. The quantitative estimate of drug-likeness (QED) is 0.0347. The van der Waals surface area contributed by atoms with Crippen molar-refractivity contribution < 1.29 is 23.8 Å². The fourth-order valence-corrected chi connectivity index (χ4v) is 7.50. The monoisotopic (exact) mass is 841 g/mol. The van der Waals surface area contributed by atoms with Crippen molar-refractivity contribution in [2.75, 3.05) is 19.8 Å². The molecule has 0 saturated carbocycles. The molecule has 1 atom stereocenters. The predicted octanol–water partition coefficient (Wildman–Crippen LogP) is 17.6. The van der Waals surface area contributed by atoms with Crippen molar-refractivity contribution in [2.24, 2.45) is 0 Å². The first-order chi connectivity index (χ1) is 29.6. The lowest BCUT2D eigenvalue weighted by atomic mass is 10.0. The normalized spacial score (nSPS) is 12.5. The van der Waals surface area contributed by atoms with Gasteiger partial charge in [-0.1, -0.05) is 243 Å². The lowest BCUT2D eigenvalue weighted by Gasteiger charge is -2.18. The Hall–Kier alpha value is -2.14. The van der Waals surface area contributed by atoms with E-state index in [9.17, 15) is 9.59 Å². The third-order valence-corrected chi connectivity index (χ3v) is 11.4. The number of hydrogen-bond donors (Lipinski definition) is 0. The molecule has 0 aromatic rings. The smallest absolute Gasteiger partial charge is 0.306 e. The van der Waals surface area contributed by atoms with Crippen LogP contribution in [-0.2, 0) is 23.8 Å². The second kappa shape index (κ2) is 51.2. The molecule has 0 rings (SSSR count). The van der Waals surface area contributed by atoms with E-state index in [2.05, 4.69) is 69.4 Å². The van der Waals surface area contributed by atoms with Crippen molar-refractivity contribution in [2.45, 2.75) is 271 Å². The molecule has 0 amide bonds. The van der Waals surface area contributed by atoms with Gasteiger partial charge in [0.15, 0.2) is 6.10 Å². The Kier molecular flexibility index (Phi) is 49.4. The number of esters is 2. The molecule has 0 heterocycles. The van der Waals surface area contributed by atoms with Gasteiger partial charge in [0.2, 0.25) is 0 Å². The summed E-state index contributed by atoms with van der Waals surface area (Å²) in [7, 11) is 0. The van der Waals surface area contributed by atoms with E-state index in [-0.39, 0.29) is 25.2 Å². The van der Waals surface area contributed by atoms with Crippen molar-refractivity contribution in [3.05, 3.63) is 48.6 Å². The number of carbonyl (C=O) groups is 2. The van der Waals surface area contributed by atoms with Crippen LogP contribution in [0.1, 0.15) is 265 Å². The topological polar surface area (TPSA) is 61.8 Å². The van der Waals surface area contributed by atoms with E-state index in [1.165, 1.54) is 161 Å². The van der Waals surface area contributed by atoms with Gasteiger partial charge >= 0.3 is 11.9 Å². The van der Waals surface area contributed by atoms with Gasteiger partial charge < -0.3 is 14.2 Å². The molecule has 0 radical (unpaired) electrons. The second-order valence-corrected chi connectivity index (χ2v) is 17.4. The zero-order chi connectivity index (χ0) is 43.5. The molecule has 0 saturated heterocycles. The Labute approximate surface area is 373 Å². The Morgan fingerprint density at radius 1 is 0.383 bits per heavy atom. The number of allylic oxidation sites excluding steroid dienone is 8. The van der Waals surface area contributed by atoms with E-state index >= 15 is 0 Å². The first kappa shape index (κ1) is 57.9. The Balaban J connectivity index is 4.17. The highest BCUT2D eigenvalue weighted by atomic mass is 16.6. The minimum atomic E-state index is -0.547. The number of carbonyl (C=O) groups excluding carboxylic acids is 2. The predicted molar refractivity (Wildman–Crippen MR) is 261 cm³/mol. The fraction of sp³-hybridized carbons (Fsp3) is 0.818. The van der Waals surface area contributed by atoms with Crippen LogP contribution >= 0.6 is 0 Å². The van der Waals surface area contributed by atoms with Crippen molar-refractivity contribution >= 4 is 11.9 Å². The van der Waals surface area contributed by atoms with Crippen LogP contribution in [0.5, 0.6) is 0 Å². The van der Waals surface area contributed by atoms with Crippen molar-refractivity contribution in [3.63, 3.8) is 0 Å². The molecule has 0 aliphatic carbocycles. The molecule has 0 aromatic heterocycles. The summed E-state index contributed by atoms with van der Waals surface area (Å²) in [5.74, 6) is -0.437. The van der Waals surface area contributed by atoms with Gasteiger partial charge in [-0.2, -0.15) is 0 Å². The Morgan fingerprint density at radius 3 is 1.20 bits per heavy atom. The SMILES string of the molecule is CC/C=C\C/C=C\C/C=C\C/C=C\CCCCC(=O)OCC(COCCCCCCCCCCCCCCCCCCCCCC)OC(=O)CCCCCCCCCCC. The summed E-state index contributed by atoms with van der Waals surface area (Å²) in [6.07, 6.45) is 62.8. The van der Waals surface area contributed by atoms with E-state index in [0.717, 1.165) is 70.6 Å². The maximum Gasteiger partial charge on any atom is 0.306 e. The van der Waals surface area contributed by atoms with Gasteiger partial charge in [0.05, 0.1) is 6.61 Å². The molecular weight excluding hydrogens is 741 g/mol. The van der Waals surface area contributed by atoms with E-state index in [1.54, 1.807) is 0 Å². The molecular formula is C55H100O5. The molecule has 1 unspecified atom stereocenters. The molecule has 0 aromatic carbocycles. The van der Waals surface area contributed by atoms with Gasteiger partial charge in [0, 0.05) is 19.4 Å². The number of rotatable bonds is 48. The summed E-state index contributed by atoms with van der Waals surface area (Å²) in [4.78, 5) is 25.3. The fourth-order valence-electron chi connectivity index (χ4n) is 7.50. The highest BCUT2D eigenvalue weighted by molar-refractivity contribution is 5.70. The van der Waals surface area contributed by atoms with E-state index < -0.39 is 6.10 Å². The average Bonchev–Trinajstić information content (AvgIpc) is 3.25. The van der Waals surface area contributed by atoms with E-state index in [1.807, 2.05) is 0 Å². The molecule has 0 spiro atoms. The van der Waals surface area contributed by atoms with Gasteiger partial charge in [0.1, 0.15) is 6.61 Å². The second-order valence-electron chi connectivity index (χ2n) is 17.4. The summed E-state index contributed by atoms with van der Waals surface area (Å²) in [6, 6.07) is 0. The molecule has 5 nitrogen and oxygen atoms in total. The number of unbranched alkanes of at least 4 members (excludes halogenated alkanes) is 29.